The summed E-state index contributed by atoms with van der Waals surface area (Å²) >= 11 is 0. The molecule has 0 saturated carbocycles. The van der Waals surface area contributed by atoms with Crippen molar-refractivity contribution in [1.29, 1.82) is 0 Å². The van der Waals surface area contributed by atoms with Crippen molar-refractivity contribution in [3.8, 4) is 0 Å². The predicted octanol–water partition coefficient (Wildman–Crippen LogP) is 2.35. The maximum atomic E-state index is 12.7. The highest BCUT2D eigenvalue weighted by Crippen LogP contribution is 2.31. The van der Waals surface area contributed by atoms with Gasteiger partial charge in [0.25, 0.3) is 5.91 Å². The molecule has 1 amide bonds. The molecule has 2 aromatic rings. The minimum atomic E-state index is -0.124. The first kappa shape index (κ1) is 12.8. The van der Waals surface area contributed by atoms with Gasteiger partial charge >= 0.3 is 0 Å². The molecule has 0 bridgehead atoms. The highest BCUT2D eigenvalue weighted by molar-refractivity contribution is 6.04. The molecule has 104 valence electrons. The second-order valence-electron chi connectivity index (χ2n) is 5.15. The number of anilines is 1. The molecule has 1 N–H and O–H groups in total. The van der Waals surface area contributed by atoms with Crippen molar-refractivity contribution in [2.24, 2.45) is 0 Å². The number of carbonyl (C=O) groups excluding carboxylic acids is 1. The summed E-state index contributed by atoms with van der Waals surface area (Å²) in [6, 6.07) is 8.22. The molecule has 0 radical (unpaired) electrons. The Morgan fingerprint density at radius 2 is 2.25 bits per heavy atom. The van der Waals surface area contributed by atoms with Gasteiger partial charge in [-0.3, -0.25) is 9.89 Å². The number of aromatic nitrogens is 3. The molecule has 0 spiro atoms. The van der Waals surface area contributed by atoms with Crippen LogP contribution in [0.1, 0.15) is 42.3 Å². The molecule has 1 unspecified atom stereocenters. The van der Waals surface area contributed by atoms with E-state index in [1.807, 2.05) is 30.0 Å². The molecule has 2 heterocycles. The van der Waals surface area contributed by atoms with Gasteiger partial charge < -0.3 is 4.90 Å². The monoisotopic (exact) mass is 270 g/mol. The quantitative estimate of drug-likeness (QED) is 0.911. The van der Waals surface area contributed by atoms with Crippen molar-refractivity contribution >= 4 is 11.6 Å². The number of rotatable bonds is 2. The number of para-hydroxylation sites is 1. The average Bonchev–Trinajstić information content (AvgIpc) is 2.95. The summed E-state index contributed by atoms with van der Waals surface area (Å²) in [5.41, 5.74) is 2.20. The van der Waals surface area contributed by atoms with E-state index in [0.717, 1.165) is 30.8 Å². The van der Waals surface area contributed by atoms with E-state index in [9.17, 15) is 4.79 Å². The predicted molar refractivity (Wildman–Crippen MR) is 76.8 cm³/mol. The fraction of sp³-hybridized carbons (Fsp3) is 0.400. The van der Waals surface area contributed by atoms with Gasteiger partial charge in [0.15, 0.2) is 0 Å². The van der Waals surface area contributed by atoms with Gasteiger partial charge in [0, 0.05) is 18.2 Å². The smallest absolute Gasteiger partial charge is 0.298 e. The molecule has 3 rings (SSSR count). The lowest BCUT2D eigenvalue weighted by atomic mass is 9.96. The molecule has 5 nitrogen and oxygen atoms in total. The number of carbonyl (C=O) groups is 1. The molecular formula is C15H18N4O. The van der Waals surface area contributed by atoms with Gasteiger partial charge in [-0.15, -0.1) is 5.10 Å². The Bertz CT molecular complexity index is 634. The number of aryl methyl sites for hydroxylation is 2. The molecule has 5 heteroatoms. The molecular weight excluding hydrogens is 252 g/mol. The lowest BCUT2D eigenvalue weighted by Gasteiger charge is -2.34. The van der Waals surface area contributed by atoms with Crippen LogP contribution in [0.25, 0.3) is 0 Å². The molecule has 1 aliphatic rings. The normalized spacial score (nSPS) is 17.9. The lowest BCUT2D eigenvalue weighted by Crippen LogP contribution is -2.42. The summed E-state index contributed by atoms with van der Waals surface area (Å²) in [6.45, 7) is 4.05. The van der Waals surface area contributed by atoms with Crippen molar-refractivity contribution in [1.82, 2.24) is 15.2 Å². The fourth-order valence-electron chi connectivity index (χ4n) is 2.65. The Labute approximate surface area is 118 Å². The fourth-order valence-corrected chi connectivity index (χ4v) is 2.65. The number of hydrogen-bond acceptors (Lipinski definition) is 3. The van der Waals surface area contributed by atoms with Crippen molar-refractivity contribution in [2.45, 2.75) is 39.2 Å². The number of nitrogens with one attached hydrogen (secondary N) is 1. The van der Waals surface area contributed by atoms with Gasteiger partial charge in [0.2, 0.25) is 5.82 Å². The summed E-state index contributed by atoms with van der Waals surface area (Å²) in [5, 5.41) is 6.85. The summed E-state index contributed by atoms with van der Waals surface area (Å²) < 4.78 is 0. The van der Waals surface area contributed by atoms with Crippen LogP contribution < -0.4 is 4.90 Å². The Morgan fingerprint density at radius 3 is 3.00 bits per heavy atom. The minimum absolute atomic E-state index is 0.124. The maximum Gasteiger partial charge on any atom is 0.298 e. The van der Waals surface area contributed by atoms with Crippen LogP contribution in [-0.2, 0) is 12.8 Å². The number of benzene rings is 1. The largest absolute Gasteiger partial charge is 0.303 e. The molecule has 0 aliphatic carbocycles. The first-order valence-corrected chi connectivity index (χ1v) is 7.03. The molecule has 20 heavy (non-hydrogen) atoms. The minimum Gasteiger partial charge on any atom is -0.303 e. The Kier molecular flexibility index (Phi) is 3.26. The van der Waals surface area contributed by atoms with E-state index in [1.54, 1.807) is 0 Å². The summed E-state index contributed by atoms with van der Waals surface area (Å²) in [7, 11) is 0. The SMILES string of the molecule is CCc1nc(C(=O)N2c3ccccc3CCC2C)n[nH]1. The van der Waals surface area contributed by atoms with Gasteiger partial charge in [-0.1, -0.05) is 25.1 Å². The number of H-pyrrole nitrogens is 1. The van der Waals surface area contributed by atoms with Crippen molar-refractivity contribution in [3.05, 3.63) is 41.5 Å². The van der Waals surface area contributed by atoms with Crippen LogP contribution >= 0.6 is 0 Å². The van der Waals surface area contributed by atoms with Crippen LogP contribution in [0.4, 0.5) is 5.69 Å². The second-order valence-corrected chi connectivity index (χ2v) is 5.15. The van der Waals surface area contributed by atoms with Gasteiger partial charge in [-0.05, 0) is 31.4 Å². The second kappa shape index (κ2) is 5.07. The van der Waals surface area contributed by atoms with Gasteiger partial charge in [-0.25, -0.2) is 4.98 Å². The molecule has 1 aromatic carbocycles. The van der Waals surface area contributed by atoms with E-state index in [0.29, 0.717) is 0 Å². The zero-order chi connectivity index (χ0) is 14.1. The number of nitrogens with zero attached hydrogens (tertiary/aromatic N) is 3. The van der Waals surface area contributed by atoms with Gasteiger partial charge in [0.05, 0.1) is 0 Å². The third kappa shape index (κ3) is 2.09. The Hall–Kier alpha value is -2.17. The van der Waals surface area contributed by atoms with Crippen LogP contribution in [0.15, 0.2) is 24.3 Å². The highest BCUT2D eigenvalue weighted by atomic mass is 16.2. The van der Waals surface area contributed by atoms with Crippen LogP contribution in [0.3, 0.4) is 0 Å². The van der Waals surface area contributed by atoms with Gasteiger partial charge in [-0.2, -0.15) is 0 Å². The molecule has 1 atom stereocenters. The van der Waals surface area contributed by atoms with E-state index in [4.69, 9.17) is 0 Å². The zero-order valence-electron chi connectivity index (χ0n) is 11.8. The first-order chi connectivity index (χ1) is 9.70. The lowest BCUT2D eigenvalue weighted by molar-refractivity contribution is 0.0965. The van der Waals surface area contributed by atoms with Gasteiger partial charge in [0.1, 0.15) is 5.82 Å². The number of hydrogen-bond donors (Lipinski definition) is 1. The van der Waals surface area contributed by atoms with Crippen LogP contribution in [0.5, 0.6) is 0 Å². The standard InChI is InChI=1S/C15H18N4O/c1-3-13-16-14(18-17-13)15(20)19-10(2)8-9-11-6-4-5-7-12(11)19/h4-7,10H,3,8-9H2,1-2H3,(H,16,17,18). The van der Waals surface area contributed by atoms with E-state index >= 15 is 0 Å². The average molecular weight is 270 g/mol. The van der Waals surface area contributed by atoms with Crippen molar-refractivity contribution < 1.29 is 4.79 Å². The van der Waals surface area contributed by atoms with E-state index in [1.165, 1.54) is 5.56 Å². The Morgan fingerprint density at radius 1 is 1.45 bits per heavy atom. The van der Waals surface area contributed by atoms with Crippen LogP contribution in [-0.4, -0.2) is 27.1 Å². The first-order valence-electron chi connectivity index (χ1n) is 7.03. The van der Waals surface area contributed by atoms with E-state index < -0.39 is 0 Å². The third-order valence-corrected chi connectivity index (χ3v) is 3.80. The molecule has 1 aliphatic heterocycles. The van der Waals surface area contributed by atoms with Crippen LogP contribution in [0, 0.1) is 0 Å². The van der Waals surface area contributed by atoms with Crippen molar-refractivity contribution in [3.63, 3.8) is 0 Å². The zero-order valence-corrected chi connectivity index (χ0v) is 11.8. The molecule has 0 fully saturated rings. The van der Waals surface area contributed by atoms with E-state index in [-0.39, 0.29) is 17.8 Å². The Balaban J connectivity index is 1.98. The topological polar surface area (TPSA) is 61.9 Å². The number of fused-ring (bicyclic) bond motifs is 1. The third-order valence-electron chi connectivity index (χ3n) is 3.80. The maximum absolute atomic E-state index is 12.7. The highest BCUT2D eigenvalue weighted by Gasteiger charge is 2.30. The van der Waals surface area contributed by atoms with E-state index in [2.05, 4.69) is 28.2 Å². The summed E-state index contributed by atoms with van der Waals surface area (Å²) in [4.78, 5) is 18.8. The van der Waals surface area contributed by atoms with Crippen molar-refractivity contribution in [2.75, 3.05) is 4.90 Å². The molecule has 0 saturated heterocycles. The number of amides is 1. The summed E-state index contributed by atoms with van der Waals surface area (Å²) in [5.74, 6) is 0.873. The van der Waals surface area contributed by atoms with Crippen LogP contribution in [0.2, 0.25) is 0 Å². The summed E-state index contributed by atoms with van der Waals surface area (Å²) in [6.07, 6.45) is 2.72. The molecule has 1 aromatic heterocycles. The number of aromatic amines is 1.